The molecule has 0 atom stereocenters. The number of hydrogen-bond donors (Lipinski definition) is 1. The molecule has 1 aliphatic carbocycles. The summed E-state index contributed by atoms with van der Waals surface area (Å²) >= 11 is 0. The fraction of sp³-hybridized carbons (Fsp3) is 0.389. The number of nitrogens with zero attached hydrogens (tertiary/aromatic N) is 2. The summed E-state index contributed by atoms with van der Waals surface area (Å²) in [6.45, 7) is 0.340. The van der Waals surface area contributed by atoms with E-state index >= 15 is 0 Å². The highest BCUT2D eigenvalue weighted by Crippen LogP contribution is 2.27. The SMILES string of the molecule is COc1ncccc1CNC(=O)COc1ccnc2c1CCCC2. The molecule has 2 aromatic heterocycles. The van der Waals surface area contributed by atoms with E-state index < -0.39 is 0 Å². The normalized spacial score (nSPS) is 13.0. The summed E-state index contributed by atoms with van der Waals surface area (Å²) < 4.78 is 10.9. The zero-order valence-electron chi connectivity index (χ0n) is 13.7. The van der Waals surface area contributed by atoms with Gasteiger partial charge >= 0.3 is 0 Å². The molecule has 1 N–H and O–H groups in total. The fourth-order valence-electron chi connectivity index (χ4n) is 2.86. The second-order valence-corrected chi connectivity index (χ2v) is 5.68. The number of pyridine rings is 2. The maximum atomic E-state index is 12.0. The van der Waals surface area contributed by atoms with Crippen molar-refractivity contribution in [3.8, 4) is 11.6 Å². The van der Waals surface area contributed by atoms with Crippen molar-refractivity contribution in [1.29, 1.82) is 0 Å². The number of carbonyl (C=O) groups excluding carboxylic acids is 1. The highest BCUT2D eigenvalue weighted by atomic mass is 16.5. The minimum Gasteiger partial charge on any atom is -0.483 e. The third-order valence-corrected chi connectivity index (χ3v) is 4.07. The molecule has 0 aromatic carbocycles. The number of nitrogens with one attached hydrogen (secondary N) is 1. The van der Waals surface area contributed by atoms with Crippen molar-refractivity contribution >= 4 is 5.91 Å². The van der Waals surface area contributed by atoms with E-state index in [-0.39, 0.29) is 12.5 Å². The van der Waals surface area contributed by atoms with Crippen molar-refractivity contribution in [2.75, 3.05) is 13.7 Å². The lowest BCUT2D eigenvalue weighted by atomic mass is 9.95. The zero-order chi connectivity index (χ0) is 16.8. The predicted molar refractivity (Wildman–Crippen MR) is 89.0 cm³/mol. The van der Waals surface area contributed by atoms with Crippen molar-refractivity contribution in [1.82, 2.24) is 15.3 Å². The molecule has 3 rings (SSSR count). The number of hydrogen-bond acceptors (Lipinski definition) is 5. The summed E-state index contributed by atoms with van der Waals surface area (Å²) in [4.78, 5) is 20.6. The molecule has 6 nitrogen and oxygen atoms in total. The Morgan fingerprint density at radius 2 is 2.08 bits per heavy atom. The van der Waals surface area contributed by atoms with Crippen LogP contribution in [0.15, 0.2) is 30.6 Å². The Balaban J connectivity index is 1.55. The molecule has 0 unspecified atom stereocenters. The molecule has 0 radical (unpaired) electrons. The first kappa shape index (κ1) is 16.2. The Labute approximate surface area is 141 Å². The Hall–Kier alpha value is -2.63. The Bertz CT molecular complexity index is 718. The number of aromatic nitrogens is 2. The van der Waals surface area contributed by atoms with E-state index in [0.29, 0.717) is 12.4 Å². The zero-order valence-corrected chi connectivity index (χ0v) is 13.7. The minimum atomic E-state index is -0.178. The molecule has 0 saturated carbocycles. The van der Waals surface area contributed by atoms with Crippen molar-refractivity contribution in [2.24, 2.45) is 0 Å². The van der Waals surface area contributed by atoms with Crippen LogP contribution in [0.1, 0.15) is 29.7 Å². The maximum absolute atomic E-state index is 12.0. The molecule has 2 heterocycles. The fourth-order valence-corrected chi connectivity index (χ4v) is 2.86. The molecule has 0 saturated heterocycles. The standard InChI is InChI=1S/C18H21N3O3/c1-23-18-13(5-4-9-20-18)11-21-17(22)12-24-16-8-10-19-15-7-3-2-6-14(15)16/h4-5,8-10H,2-3,6-7,11-12H2,1H3,(H,21,22). The summed E-state index contributed by atoms with van der Waals surface area (Å²) in [5.74, 6) is 1.11. The summed E-state index contributed by atoms with van der Waals surface area (Å²) in [5.41, 5.74) is 3.07. The van der Waals surface area contributed by atoms with Crippen LogP contribution in [0.5, 0.6) is 11.6 Å². The minimum absolute atomic E-state index is 0.0149. The van der Waals surface area contributed by atoms with E-state index in [9.17, 15) is 4.79 Å². The van der Waals surface area contributed by atoms with Crippen LogP contribution in [0.4, 0.5) is 0 Å². The summed E-state index contributed by atoms with van der Waals surface area (Å²) in [5, 5.41) is 2.82. The van der Waals surface area contributed by atoms with Gasteiger partial charge in [0, 0.05) is 35.8 Å². The van der Waals surface area contributed by atoms with E-state index in [1.807, 2.05) is 18.2 Å². The largest absolute Gasteiger partial charge is 0.483 e. The Morgan fingerprint density at radius 1 is 1.21 bits per heavy atom. The lowest BCUT2D eigenvalue weighted by molar-refractivity contribution is -0.123. The second-order valence-electron chi connectivity index (χ2n) is 5.68. The number of aryl methyl sites for hydroxylation is 1. The average molecular weight is 327 g/mol. The quantitative estimate of drug-likeness (QED) is 0.879. The smallest absolute Gasteiger partial charge is 0.258 e. The van der Waals surface area contributed by atoms with Crippen LogP contribution < -0.4 is 14.8 Å². The number of amides is 1. The van der Waals surface area contributed by atoms with Crippen LogP contribution in [0.2, 0.25) is 0 Å². The van der Waals surface area contributed by atoms with Crippen LogP contribution in [0, 0.1) is 0 Å². The van der Waals surface area contributed by atoms with Gasteiger partial charge in [0.2, 0.25) is 5.88 Å². The third-order valence-electron chi connectivity index (χ3n) is 4.07. The predicted octanol–water partition coefficient (Wildman–Crippen LogP) is 2.06. The van der Waals surface area contributed by atoms with Crippen LogP contribution in [-0.4, -0.2) is 29.6 Å². The monoisotopic (exact) mass is 327 g/mol. The summed E-state index contributed by atoms with van der Waals surface area (Å²) in [6.07, 6.45) is 7.66. The molecule has 6 heteroatoms. The van der Waals surface area contributed by atoms with Gasteiger partial charge in [0.25, 0.3) is 5.91 Å². The first-order valence-corrected chi connectivity index (χ1v) is 8.12. The molecular weight excluding hydrogens is 306 g/mol. The average Bonchev–Trinajstić information content (AvgIpc) is 2.64. The molecule has 0 spiro atoms. The van der Waals surface area contributed by atoms with Gasteiger partial charge in [-0.15, -0.1) is 0 Å². The third kappa shape index (κ3) is 3.82. The van der Waals surface area contributed by atoms with Gasteiger partial charge in [-0.2, -0.15) is 0 Å². The van der Waals surface area contributed by atoms with E-state index in [1.54, 1.807) is 19.5 Å². The highest BCUT2D eigenvalue weighted by Gasteiger charge is 2.16. The number of ether oxygens (including phenoxy) is 2. The molecule has 1 amide bonds. The van der Waals surface area contributed by atoms with Crippen molar-refractivity contribution in [3.63, 3.8) is 0 Å². The van der Waals surface area contributed by atoms with Crippen LogP contribution >= 0.6 is 0 Å². The van der Waals surface area contributed by atoms with Gasteiger partial charge in [0.05, 0.1) is 7.11 Å². The van der Waals surface area contributed by atoms with Crippen molar-refractivity contribution in [3.05, 3.63) is 47.4 Å². The van der Waals surface area contributed by atoms with Gasteiger partial charge < -0.3 is 14.8 Å². The second kappa shape index (κ2) is 7.77. The Kier molecular flexibility index (Phi) is 5.25. The number of fused-ring (bicyclic) bond motifs is 1. The van der Waals surface area contributed by atoms with Crippen LogP contribution in [0.25, 0.3) is 0 Å². The molecule has 1 aliphatic rings. The summed E-state index contributed by atoms with van der Waals surface area (Å²) in [7, 11) is 1.56. The van der Waals surface area contributed by atoms with Gasteiger partial charge in [-0.3, -0.25) is 9.78 Å². The van der Waals surface area contributed by atoms with Crippen LogP contribution in [-0.2, 0) is 24.2 Å². The van der Waals surface area contributed by atoms with Crippen molar-refractivity contribution < 1.29 is 14.3 Å². The first-order chi connectivity index (χ1) is 11.8. The van der Waals surface area contributed by atoms with E-state index in [4.69, 9.17) is 9.47 Å². The molecule has 24 heavy (non-hydrogen) atoms. The number of rotatable bonds is 6. The molecule has 0 aliphatic heterocycles. The molecule has 0 bridgehead atoms. The van der Waals surface area contributed by atoms with Gasteiger partial charge in [0.1, 0.15) is 5.75 Å². The first-order valence-electron chi connectivity index (χ1n) is 8.12. The van der Waals surface area contributed by atoms with E-state index in [0.717, 1.165) is 48.3 Å². The maximum Gasteiger partial charge on any atom is 0.258 e. The van der Waals surface area contributed by atoms with Crippen LogP contribution in [0.3, 0.4) is 0 Å². The topological polar surface area (TPSA) is 73.3 Å². The lowest BCUT2D eigenvalue weighted by Gasteiger charge is -2.18. The Morgan fingerprint density at radius 3 is 2.96 bits per heavy atom. The van der Waals surface area contributed by atoms with Gasteiger partial charge in [-0.1, -0.05) is 6.07 Å². The lowest BCUT2D eigenvalue weighted by Crippen LogP contribution is -2.29. The van der Waals surface area contributed by atoms with Gasteiger partial charge in [0.15, 0.2) is 6.61 Å². The number of methoxy groups -OCH3 is 1. The molecule has 2 aromatic rings. The summed E-state index contributed by atoms with van der Waals surface area (Å²) in [6, 6.07) is 5.51. The van der Waals surface area contributed by atoms with Gasteiger partial charge in [-0.25, -0.2) is 4.98 Å². The number of carbonyl (C=O) groups is 1. The van der Waals surface area contributed by atoms with Gasteiger partial charge in [-0.05, 0) is 37.8 Å². The highest BCUT2D eigenvalue weighted by molar-refractivity contribution is 5.77. The van der Waals surface area contributed by atoms with E-state index in [2.05, 4.69) is 15.3 Å². The van der Waals surface area contributed by atoms with E-state index in [1.165, 1.54) is 0 Å². The molecule has 0 fully saturated rings. The molecule has 126 valence electrons. The van der Waals surface area contributed by atoms with Crippen molar-refractivity contribution in [2.45, 2.75) is 32.2 Å². The molecular formula is C18H21N3O3.